The molecule has 0 aromatic heterocycles. The molecule has 0 saturated carbocycles. The van der Waals surface area contributed by atoms with Crippen molar-refractivity contribution >= 4 is 37.3 Å². The minimum atomic E-state index is -3.72. The molecule has 1 heterocycles. The molecule has 5 nitrogen and oxygen atoms in total. The maximum absolute atomic E-state index is 13.5. The molecule has 0 aliphatic carbocycles. The van der Waals surface area contributed by atoms with Gasteiger partial charge in [-0.05, 0) is 51.8 Å². The minimum absolute atomic E-state index is 0.126. The largest absolute Gasteiger partial charge is 0.490 e. The Hall–Kier alpha value is -2.35. The molecule has 7 heteroatoms. The molecule has 1 saturated heterocycles. The van der Waals surface area contributed by atoms with Crippen LogP contribution >= 0.6 is 15.9 Å². The van der Waals surface area contributed by atoms with Crippen LogP contribution in [0.2, 0.25) is 0 Å². The van der Waals surface area contributed by atoms with Gasteiger partial charge in [0.15, 0.2) is 0 Å². The number of ether oxygens (including phenoxy) is 2. The van der Waals surface area contributed by atoms with Gasteiger partial charge in [0.05, 0.1) is 28.2 Å². The lowest BCUT2D eigenvalue weighted by Crippen LogP contribution is -2.27. The molecule has 1 aliphatic heterocycles. The number of nitrogens with zero attached hydrogens (tertiary/aromatic N) is 1. The van der Waals surface area contributed by atoms with Crippen LogP contribution in [0.3, 0.4) is 0 Å². The molecule has 29 heavy (non-hydrogen) atoms. The zero-order valence-corrected chi connectivity index (χ0v) is 18.0. The van der Waals surface area contributed by atoms with Gasteiger partial charge in [0.1, 0.15) is 18.5 Å². The van der Waals surface area contributed by atoms with Gasteiger partial charge in [0.2, 0.25) is 10.0 Å². The molecule has 1 atom stereocenters. The molecule has 1 aliphatic rings. The molecule has 4 rings (SSSR count). The highest BCUT2D eigenvalue weighted by Crippen LogP contribution is 2.34. The van der Waals surface area contributed by atoms with Crippen molar-refractivity contribution in [2.75, 3.05) is 17.5 Å². The zero-order valence-electron chi connectivity index (χ0n) is 15.6. The number of para-hydroxylation sites is 2. The minimum Gasteiger partial charge on any atom is -0.490 e. The Labute approximate surface area is 179 Å². The van der Waals surface area contributed by atoms with Crippen LogP contribution in [0.25, 0.3) is 0 Å². The van der Waals surface area contributed by atoms with Crippen molar-refractivity contribution in [3.05, 3.63) is 88.9 Å². The van der Waals surface area contributed by atoms with Crippen molar-refractivity contribution in [1.29, 1.82) is 0 Å². The summed E-state index contributed by atoms with van der Waals surface area (Å²) in [6.45, 7) is 1.16. The highest BCUT2D eigenvalue weighted by Gasteiger charge is 2.27. The third-order valence-corrected chi connectivity index (χ3v) is 7.02. The van der Waals surface area contributed by atoms with E-state index in [1.807, 2.05) is 42.5 Å². The number of hydrogen-bond acceptors (Lipinski definition) is 4. The predicted octanol–water partition coefficient (Wildman–Crippen LogP) is 4.89. The van der Waals surface area contributed by atoms with E-state index >= 15 is 0 Å². The normalized spacial score (nSPS) is 15.7. The smallest absolute Gasteiger partial charge is 0.243 e. The van der Waals surface area contributed by atoms with E-state index in [4.69, 9.17) is 9.47 Å². The maximum Gasteiger partial charge on any atom is 0.243 e. The van der Waals surface area contributed by atoms with Crippen LogP contribution in [0, 0.1) is 0 Å². The van der Waals surface area contributed by atoms with Crippen LogP contribution in [-0.4, -0.2) is 27.7 Å². The van der Waals surface area contributed by atoms with Crippen LogP contribution in [0.15, 0.2) is 83.3 Å². The van der Waals surface area contributed by atoms with Gasteiger partial charge in [-0.1, -0.05) is 48.5 Å². The summed E-state index contributed by atoms with van der Waals surface area (Å²) in [7, 11) is -3.72. The Balaban J connectivity index is 1.66. The number of rotatable bonds is 8. The molecule has 0 N–H and O–H groups in total. The summed E-state index contributed by atoms with van der Waals surface area (Å²) in [5.41, 5.74) is 1.82. The van der Waals surface area contributed by atoms with E-state index in [0.717, 1.165) is 0 Å². The molecule has 0 radical (unpaired) electrons. The van der Waals surface area contributed by atoms with Gasteiger partial charge >= 0.3 is 0 Å². The molecule has 3 aromatic rings. The summed E-state index contributed by atoms with van der Waals surface area (Å²) in [6.07, 6.45) is 0.126. The van der Waals surface area contributed by atoms with Gasteiger partial charge in [-0.15, -0.1) is 0 Å². The molecule has 0 amide bonds. The standard InChI is InChI=1S/C22H20BrNO4S/c23-22-17(8-7-13-21(22)28-15-20-14-27-20)16-29(25,26)24(18-9-3-1-4-10-18)19-11-5-2-6-12-19/h1-13,20H,14-16H2. The molecule has 150 valence electrons. The molecule has 3 aromatic carbocycles. The lowest BCUT2D eigenvalue weighted by Gasteiger charge is -2.25. The van der Waals surface area contributed by atoms with Gasteiger partial charge in [0, 0.05) is 0 Å². The fourth-order valence-electron chi connectivity index (χ4n) is 2.98. The number of benzene rings is 3. The van der Waals surface area contributed by atoms with Gasteiger partial charge in [0.25, 0.3) is 0 Å². The Morgan fingerprint density at radius 2 is 1.52 bits per heavy atom. The number of anilines is 2. The van der Waals surface area contributed by atoms with Crippen LogP contribution in [0.1, 0.15) is 5.56 Å². The van der Waals surface area contributed by atoms with E-state index in [9.17, 15) is 8.42 Å². The second-order valence-electron chi connectivity index (χ2n) is 6.69. The van der Waals surface area contributed by atoms with E-state index < -0.39 is 10.0 Å². The van der Waals surface area contributed by atoms with Crippen molar-refractivity contribution in [3.63, 3.8) is 0 Å². The molecule has 0 bridgehead atoms. The van der Waals surface area contributed by atoms with Crippen molar-refractivity contribution in [2.24, 2.45) is 0 Å². The summed E-state index contributed by atoms with van der Waals surface area (Å²) in [6, 6.07) is 23.6. The molecule has 0 spiro atoms. The maximum atomic E-state index is 13.5. The molecule has 1 unspecified atom stereocenters. The fourth-order valence-corrected chi connectivity index (χ4v) is 5.34. The Morgan fingerprint density at radius 1 is 0.931 bits per heavy atom. The van der Waals surface area contributed by atoms with Crippen molar-refractivity contribution < 1.29 is 17.9 Å². The van der Waals surface area contributed by atoms with E-state index in [2.05, 4.69) is 15.9 Å². The first-order valence-electron chi connectivity index (χ1n) is 9.19. The number of sulfonamides is 1. The highest BCUT2D eigenvalue weighted by molar-refractivity contribution is 9.10. The first kappa shape index (κ1) is 19.9. The summed E-state index contributed by atoms with van der Waals surface area (Å²) in [5, 5.41) is 0. The Kier molecular flexibility index (Phi) is 5.89. The lowest BCUT2D eigenvalue weighted by molar-refractivity contribution is 0.261. The summed E-state index contributed by atoms with van der Waals surface area (Å²) in [5.74, 6) is 0.438. The average molecular weight is 474 g/mol. The lowest BCUT2D eigenvalue weighted by atomic mass is 10.2. The van der Waals surface area contributed by atoms with Crippen LogP contribution in [0.4, 0.5) is 11.4 Å². The zero-order chi connectivity index (χ0) is 20.3. The second-order valence-corrected chi connectivity index (χ2v) is 9.30. The number of halogens is 1. The van der Waals surface area contributed by atoms with Crippen LogP contribution in [0.5, 0.6) is 5.75 Å². The monoisotopic (exact) mass is 473 g/mol. The first-order valence-corrected chi connectivity index (χ1v) is 11.6. The molecule has 1 fully saturated rings. The summed E-state index contributed by atoms with van der Waals surface area (Å²) >= 11 is 3.52. The SMILES string of the molecule is O=S(=O)(Cc1cccc(OCC2CO2)c1Br)N(c1ccccc1)c1ccccc1. The Morgan fingerprint density at radius 3 is 2.07 bits per heavy atom. The predicted molar refractivity (Wildman–Crippen MR) is 117 cm³/mol. The van der Waals surface area contributed by atoms with Crippen LogP contribution < -0.4 is 9.04 Å². The van der Waals surface area contributed by atoms with Gasteiger partial charge in [-0.25, -0.2) is 12.7 Å². The van der Waals surface area contributed by atoms with Gasteiger partial charge < -0.3 is 9.47 Å². The number of hydrogen-bond donors (Lipinski definition) is 0. The van der Waals surface area contributed by atoms with E-state index in [0.29, 0.717) is 40.4 Å². The van der Waals surface area contributed by atoms with E-state index in [-0.39, 0.29) is 11.9 Å². The summed E-state index contributed by atoms with van der Waals surface area (Å²) < 4.78 is 39.9. The van der Waals surface area contributed by atoms with Crippen molar-refractivity contribution in [3.8, 4) is 5.75 Å². The molecular weight excluding hydrogens is 454 g/mol. The van der Waals surface area contributed by atoms with Gasteiger partial charge in [-0.3, -0.25) is 0 Å². The van der Waals surface area contributed by atoms with Crippen molar-refractivity contribution in [1.82, 2.24) is 0 Å². The fraction of sp³-hybridized carbons (Fsp3) is 0.182. The number of epoxide rings is 1. The van der Waals surface area contributed by atoms with Crippen LogP contribution in [-0.2, 0) is 20.5 Å². The molecular formula is C22H20BrNO4S. The van der Waals surface area contributed by atoms with Gasteiger partial charge in [-0.2, -0.15) is 0 Å². The average Bonchev–Trinajstić information content (AvgIpc) is 3.55. The van der Waals surface area contributed by atoms with Crippen molar-refractivity contribution in [2.45, 2.75) is 11.9 Å². The third kappa shape index (κ3) is 4.80. The second kappa shape index (κ2) is 8.57. The highest BCUT2D eigenvalue weighted by atomic mass is 79.9. The Bertz CT molecular complexity index is 1030. The van der Waals surface area contributed by atoms with E-state index in [1.165, 1.54) is 4.31 Å². The summed E-state index contributed by atoms with van der Waals surface area (Å²) in [4.78, 5) is 0. The van der Waals surface area contributed by atoms with E-state index in [1.54, 1.807) is 36.4 Å². The quantitative estimate of drug-likeness (QED) is 0.436. The topological polar surface area (TPSA) is 59.1 Å². The first-order chi connectivity index (χ1) is 14.0. The third-order valence-electron chi connectivity index (χ3n) is 4.47.